The van der Waals surface area contributed by atoms with Crippen molar-refractivity contribution in [2.45, 2.75) is 25.5 Å². The second kappa shape index (κ2) is 6.44. The highest BCUT2D eigenvalue weighted by Crippen LogP contribution is 2.24. The Kier molecular flexibility index (Phi) is 4.65. The van der Waals surface area contributed by atoms with E-state index in [-0.39, 0.29) is 12.7 Å². The summed E-state index contributed by atoms with van der Waals surface area (Å²) in [6, 6.07) is 9.58. The van der Waals surface area contributed by atoms with Crippen LogP contribution in [0.25, 0.3) is 0 Å². The monoisotopic (exact) mass is 273 g/mol. The Morgan fingerprint density at radius 2 is 2.25 bits per heavy atom. The first-order chi connectivity index (χ1) is 9.72. The number of carbonyl (C=O) groups excluding carboxylic acids is 1. The van der Waals surface area contributed by atoms with Gasteiger partial charge in [0.15, 0.2) is 0 Å². The summed E-state index contributed by atoms with van der Waals surface area (Å²) >= 11 is 0. The Labute approximate surface area is 119 Å². The van der Waals surface area contributed by atoms with Gasteiger partial charge in [0.1, 0.15) is 12.1 Å². The third-order valence-corrected chi connectivity index (χ3v) is 3.60. The molecule has 4 nitrogen and oxygen atoms in total. The molecule has 0 N–H and O–H groups in total. The smallest absolute Gasteiger partial charge is 0.411 e. The van der Waals surface area contributed by atoms with E-state index in [0.717, 1.165) is 5.56 Å². The molecule has 2 rings (SSSR count). The van der Waals surface area contributed by atoms with Crippen LogP contribution in [0.1, 0.15) is 18.9 Å². The van der Waals surface area contributed by atoms with Gasteiger partial charge in [0.05, 0.1) is 13.2 Å². The van der Waals surface area contributed by atoms with E-state index in [0.29, 0.717) is 26.2 Å². The Hall–Kier alpha value is -1.99. The highest BCUT2D eigenvalue weighted by molar-refractivity contribution is 5.70. The van der Waals surface area contributed by atoms with E-state index in [1.807, 2.05) is 37.3 Å². The van der Waals surface area contributed by atoms with E-state index in [2.05, 4.69) is 5.92 Å². The highest BCUT2D eigenvalue weighted by atomic mass is 16.6. The quantitative estimate of drug-likeness (QED) is 0.794. The molecule has 1 unspecified atom stereocenters. The first-order valence-corrected chi connectivity index (χ1v) is 6.75. The number of ether oxygens (including phenoxy) is 2. The van der Waals surface area contributed by atoms with Crippen molar-refractivity contribution in [1.82, 2.24) is 4.90 Å². The molecule has 1 fully saturated rings. The number of carbonyl (C=O) groups is 1. The van der Waals surface area contributed by atoms with Gasteiger partial charge in [0, 0.05) is 6.54 Å². The van der Waals surface area contributed by atoms with Crippen LogP contribution >= 0.6 is 0 Å². The lowest BCUT2D eigenvalue weighted by molar-refractivity contribution is -0.0393. The van der Waals surface area contributed by atoms with Gasteiger partial charge in [-0.25, -0.2) is 4.79 Å². The zero-order valence-electron chi connectivity index (χ0n) is 11.7. The second-order valence-electron chi connectivity index (χ2n) is 4.77. The van der Waals surface area contributed by atoms with Gasteiger partial charge in [-0.3, -0.25) is 4.90 Å². The van der Waals surface area contributed by atoms with Gasteiger partial charge in [-0.1, -0.05) is 43.2 Å². The maximum Gasteiger partial charge on any atom is 0.411 e. The average Bonchev–Trinajstić information content (AvgIpc) is 2.53. The summed E-state index contributed by atoms with van der Waals surface area (Å²) < 4.78 is 10.8. The largest absolute Gasteiger partial charge is 0.445 e. The molecule has 1 aliphatic rings. The Morgan fingerprint density at radius 1 is 1.50 bits per heavy atom. The van der Waals surface area contributed by atoms with Gasteiger partial charge in [-0.15, -0.1) is 6.42 Å². The van der Waals surface area contributed by atoms with Gasteiger partial charge in [-0.2, -0.15) is 0 Å². The maximum atomic E-state index is 12.3. The van der Waals surface area contributed by atoms with Crippen molar-refractivity contribution >= 4 is 6.09 Å². The second-order valence-corrected chi connectivity index (χ2v) is 4.77. The molecule has 0 bridgehead atoms. The molecule has 0 aliphatic carbocycles. The topological polar surface area (TPSA) is 38.8 Å². The van der Waals surface area contributed by atoms with Crippen molar-refractivity contribution in [1.29, 1.82) is 0 Å². The normalized spacial score (nSPS) is 22.1. The zero-order valence-corrected chi connectivity index (χ0v) is 11.7. The molecule has 1 aromatic carbocycles. The van der Waals surface area contributed by atoms with Crippen molar-refractivity contribution in [2.24, 2.45) is 0 Å². The summed E-state index contributed by atoms with van der Waals surface area (Å²) in [4.78, 5) is 13.9. The molecule has 1 aliphatic heterocycles. The van der Waals surface area contributed by atoms with E-state index in [9.17, 15) is 4.79 Å². The first kappa shape index (κ1) is 14.4. The summed E-state index contributed by atoms with van der Waals surface area (Å²) in [5.74, 6) is 2.70. The fourth-order valence-electron chi connectivity index (χ4n) is 2.27. The molecular formula is C16H19NO3. The number of amides is 1. The summed E-state index contributed by atoms with van der Waals surface area (Å²) in [5, 5.41) is 0. The number of hydrogen-bond acceptors (Lipinski definition) is 3. The first-order valence-electron chi connectivity index (χ1n) is 6.75. The molecular weight excluding hydrogens is 254 g/mol. The Bertz CT molecular complexity index is 494. The third-order valence-electron chi connectivity index (χ3n) is 3.60. The van der Waals surface area contributed by atoms with E-state index < -0.39 is 5.54 Å². The van der Waals surface area contributed by atoms with Crippen LogP contribution in [-0.4, -0.2) is 36.3 Å². The number of rotatable bonds is 3. The van der Waals surface area contributed by atoms with Crippen molar-refractivity contribution in [3.8, 4) is 12.3 Å². The number of terminal acetylenes is 1. The lowest BCUT2D eigenvalue weighted by atomic mass is 9.95. The Balaban J connectivity index is 2.02. The third kappa shape index (κ3) is 2.94. The van der Waals surface area contributed by atoms with E-state index in [1.165, 1.54) is 0 Å². The van der Waals surface area contributed by atoms with Gasteiger partial charge < -0.3 is 9.47 Å². The molecule has 1 saturated heterocycles. The summed E-state index contributed by atoms with van der Waals surface area (Å²) in [6.45, 7) is 3.52. The molecule has 106 valence electrons. The maximum absolute atomic E-state index is 12.3. The average molecular weight is 273 g/mol. The van der Waals surface area contributed by atoms with Crippen molar-refractivity contribution in [3.05, 3.63) is 35.9 Å². The van der Waals surface area contributed by atoms with Crippen LogP contribution in [-0.2, 0) is 16.1 Å². The van der Waals surface area contributed by atoms with Crippen LogP contribution in [0.2, 0.25) is 0 Å². The van der Waals surface area contributed by atoms with Crippen LogP contribution < -0.4 is 0 Å². The van der Waals surface area contributed by atoms with Crippen LogP contribution in [0.5, 0.6) is 0 Å². The number of hydrogen-bond donors (Lipinski definition) is 0. The van der Waals surface area contributed by atoms with Crippen LogP contribution in [0.4, 0.5) is 4.79 Å². The predicted molar refractivity (Wildman–Crippen MR) is 76.0 cm³/mol. The fourth-order valence-corrected chi connectivity index (χ4v) is 2.27. The lowest BCUT2D eigenvalue weighted by Crippen LogP contribution is -2.58. The highest BCUT2D eigenvalue weighted by Gasteiger charge is 2.40. The van der Waals surface area contributed by atoms with Crippen LogP contribution in [0.15, 0.2) is 30.3 Å². The fraction of sp³-hybridized carbons (Fsp3) is 0.438. The minimum Gasteiger partial charge on any atom is -0.445 e. The predicted octanol–water partition coefficient (Wildman–Crippen LogP) is 2.44. The Morgan fingerprint density at radius 3 is 2.90 bits per heavy atom. The molecule has 0 aromatic heterocycles. The summed E-state index contributed by atoms with van der Waals surface area (Å²) in [7, 11) is 0. The number of benzene rings is 1. The van der Waals surface area contributed by atoms with Crippen molar-refractivity contribution in [3.63, 3.8) is 0 Å². The van der Waals surface area contributed by atoms with Gasteiger partial charge in [0.2, 0.25) is 0 Å². The van der Waals surface area contributed by atoms with E-state index >= 15 is 0 Å². The molecule has 0 spiro atoms. The molecule has 20 heavy (non-hydrogen) atoms. The SMILES string of the molecule is C#CC1(CC)COCCN1C(=O)OCc1ccccc1. The molecule has 1 aromatic rings. The van der Waals surface area contributed by atoms with Gasteiger partial charge >= 0.3 is 6.09 Å². The van der Waals surface area contributed by atoms with Gasteiger partial charge in [-0.05, 0) is 12.0 Å². The lowest BCUT2D eigenvalue weighted by Gasteiger charge is -2.42. The molecule has 4 heteroatoms. The van der Waals surface area contributed by atoms with Crippen LogP contribution in [0, 0.1) is 12.3 Å². The van der Waals surface area contributed by atoms with E-state index in [4.69, 9.17) is 15.9 Å². The number of nitrogens with zero attached hydrogens (tertiary/aromatic N) is 1. The molecule has 1 heterocycles. The summed E-state index contributed by atoms with van der Waals surface area (Å²) in [6.07, 6.45) is 5.87. The standard InChI is InChI=1S/C16H19NO3/c1-3-16(4-2)13-19-11-10-17(16)15(18)20-12-14-8-6-5-7-9-14/h1,5-9H,4,10-13H2,2H3. The van der Waals surface area contributed by atoms with Crippen molar-refractivity contribution in [2.75, 3.05) is 19.8 Å². The molecule has 0 radical (unpaired) electrons. The van der Waals surface area contributed by atoms with Crippen LogP contribution in [0.3, 0.4) is 0 Å². The molecule has 1 atom stereocenters. The van der Waals surface area contributed by atoms with Gasteiger partial charge in [0.25, 0.3) is 0 Å². The van der Waals surface area contributed by atoms with E-state index in [1.54, 1.807) is 4.90 Å². The minimum atomic E-state index is -0.688. The number of morpholine rings is 1. The van der Waals surface area contributed by atoms with Crippen molar-refractivity contribution < 1.29 is 14.3 Å². The minimum absolute atomic E-state index is 0.251. The molecule has 0 saturated carbocycles. The zero-order chi connectivity index (χ0) is 14.4. The molecule has 1 amide bonds. The summed E-state index contributed by atoms with van der Waals surface area (Å²) in [5.41, 5.74) is 0.267.